The van der Waals surface area contributed by atoms with Gasteiger partial charge in [0.25, 0.3) is 0 Å². The van der Waals surface area contributed by atoms with Gasteiger partial charge in [-0.2, -0.15) is 0 Å². The van der Waals surface area contributed by atoms with Crippen molar-refractivity contribution in [1.82, 2.24) is 10.2 Å². The van der Waals surface area contributed by atoms with E-state index < -0.39 is 11.9 Å². The molecule has 0 saturated carbocycles. The van der Waals surface area contributed by atoms with Gasteiger partial charge in [0.05, 0.1) is 5.92 Å². The van der Waals surface area contributed by atoms with Crippen LogP contribution in [0.4, 0.5) is 0 Å². The van der Waals surface area contributed by atoms with Crippen LogP contribution in [0.25, 0.3) is 11.5 Å². The van der Waals surface area contributed by atoms with Gasteiger partial charge in [-0.1, -0.05) is 25.1 Å². The maximum Gasteiger partial charge on any atom is 0.306 e. The molecule has 1 N–H and O–H groups in total. The van der Waals surface area contributed by atoms with Crippen LogP contribution in [-0.4, -0.2) is 21.3 Å². The summed E-state index contributed by atoms with van der Waals surface area (Å²) in [6.45, 7) is 3.57. The standard InChI is InChI=1S/C13H14N2O3/c1-8-5-3-4-6-10(8)12-15-14-11(18-12)7-9(2)13(16)17/h3-6,9H,7H2,1-2H3,(H,16,17). The minimum atomic E-state index is -0.870. The van der Waals surface area contributed by atoms with Crippen LogP contribution in [0.1, 0.15) is 18.4 Å². The summed E-state index contributed by atoms with van der Waals surface area (Å²) >= 11 is 0. The van der Waals surface area contributed by atoms with Crippen LogP contribution in [0.3, 0.4) is 0 Å². The van der Waals surface area contributed by atoms with Gasteiger partial charge < -0.3 is 9.52 Å². The number of aromatic nitrogens is 2. The van der Waals surface area contributed by atoms with E-state index in [0.717, 1.165) is 11.1 Å². The van der Waals surface area contributed by atoms with Crippen molar-refractivity contribution >= 4 is 5.97 Å². The third-order valence-electron chi connectivity index (χ3n) is 2.74. The number of aliphatic carboxylic acids is 1. The van der Waals surface area contributed by atoms with E-state index >= 15 is 0 Å². The van der Waals surface area contributed by atoms with Gasteiger partial charge in [0.1, 0.15) is 0 Å². The molecule has 0 aliphatic heterocycles. The highest BCUT2D eigenvalue weighted by Crippen LogP contribution is 2.22. The number of carbonyl (C=O) groups is 1. The summed E-state index contributed by atoms with van der Waals surface area (Å²) < 4.78 is 5.49. The van der Waals surface area contributed by atoms with E-state index in [-0.39, 0.29) is 6.42 Å². The van der Waals surface area contributed by atoms with Crippen LogP contribution in [0.5, 0.6) is 0 Å². The van der Waals surface area contributed by atoms with E-state index in [1.165, 1.54) is 0 Å². The second kappa shape index (κ2) is 5.00. The van der Waals surface area contributed by atoms with Gasteiger partial charge in [0, 0.05) is 12.0 Å². The Kier molecular flexibility index (Phi) is 3.41. The summed E-state index contributed by atoms with van der Waals surface area (Å²) in [5.74, 6) is -0.621. The Labute approximate surface area is 104 Å². The molecule has 0 radical (unpaired) electrons. The van der Waals surface area contributed by atoms with E-state index in [1.54, 1.807) is 6.92 Å². The maximum atomic E-state index is 10.7. The summed E-state index contributed by atoms with van der Waals surface area (Å²) in [7, 11) is 0. The summed E-state index contributed by atoms with van der Waals surface area (Å²) in [6, 6.07) is 7.68. The number of rotatable bonds is 4. The van der Waals surface area contributed by atoms with Crippen LogP contribution < -0.4 is 0 Å². The molecule has 0 bridgehead atoms. The largest absolute Gasteiger partial charge is 0.481 e. The van der Waals surface area contributed by atoms with Gasteiger partial charge in [-0.15, -0.1) is 10.2 Å². The molecule has 0 saturated heterocycles. The lowest BCUT2D eigenvalue weighted by Gasteiger charge is -2.01. The van der Waals surface area contributed by atoms with Crippen LogP contribution in [0.15, 0.2) is 28.7 Å². The third-order valence-corrected chi connectivity index (χ3v) is 2.74. The van der Waals surface area contributed by atoms with Gasteiger partial charge in [-0.3, -0.25) is 4.79 Å². The van der Waals surface area contributed by atoms with Crippen molar-refractivity contribution in [1.29, 1.82) is 0 Å². The van der Waals surface area contributed by atoms with Crippen molar-refractivity contribution in [2.24, 2.45) is 5.92 Å². The molecule has 1 atom stereocenters. The van der Waals surface area contributed by atoms with Crippen LogP contribution >= 0.6 is 0 Å². The normalized spacial score (nSPS) is 12.3. The van der Waals surface area contributed by atoms with E-state index in [2.05, 4.69) is 10.2 Å². The molecule has 18 heavy (non-hydrogen) atoms. The Hall–Kier alpha value is -2.17. The van der Waals surface area contributed by atoms with Crippen molar-refractivity contribution in [2.45, 2.75) is 20.3 Å². The number of benzene rings is 1. The molecule has 5 heteroatoms. The molecule has 0 spiro atoms. The second-order valence-corrected chi connectivity index (χ2v) is 4.26. The number of hydrogen-bond acceptors (Lipinski definition) is 4. The molecular formula is C13H14N2O3. The maximum absolute atomic E-state index is 10.7. The van der Waals surface area contributed by atoms with Gasteiger partial charge >= 0.3 is 5.97 Å². The third kappa shape index (κ3) is 2.56. The fraction of sp³-hybridized carbons (Fsp3) is 0.308. The first-order valence-electron chi connectivity index (χ1n) is 5.69. The molecule has 0 aliphatic carbocycles. The van der Waals surface area contributed by atoms with Gasteiger partial charge in [-0.25, -0.2) is 0 Å². The molecule has 1 unspecified atom stereocenters. The summed E-state index contributed by atoms with van der Waals surface area (Å²) in [6.07, 6.45) is 0.244. The van der Waals surface area contributed by atoms with E-state index in [0.29, 0.717) is 11.8 Å². The van der Waals surface area contributed by atoms with Gasteiger partial charge in [0.2, 0.25) is 11.8 Å². The van der Waals surface area contributed by atoms with E-state index in [1.807, 2.05) is 31.2 Å². The Balaban J connectivity index is 2.21. The van der Waals surface area contributed by atoms with Crippen molar-refractivity contribution in [3.8, 4) is 11.5 Å². The molecular weight excluding hydrogens is 232 g/mol. The first-order chi connectivity index (χ1) is 8.58. The smallest absolute Gasteiger partial charge is 0.306 e. The monoisotopic (exact) mass is 246 g/mol. The number of aryl methyl sites for hydroxylation is 1. The number of carboxylic acid groups (broad SMARTS) is 1. The molecule has 1 aromatic carbocycles. The van der Waals surface area contributed by atoms with Crippen molar-refractivity contribution in [2.75, 3.05) is 0 Å². The molecule has 1 heterocycles. The molecule has 1 aromatic heterocycles. The van der Waals surface area contributed by atoms with Crippen molar-refractivity contribution in [3.05, 3.63) is 35.7 Å². The highest BCUT2D eigenvalue weighted by Gasteiger charge is 2.17. The lowest BCUT2D eigenvalue weighted by Crippen LogP contribution is -2.12. The molecule has 0 amide bonds. The zero-order valence-electron chi connectivity index (χ0n) is 10.3. The van der Waals surface area contributed by atoms with Crippen LogP contribution in [0.2, 0.25) is 0 Å². The zero-order valence-corrected chi connectivity index (χ0v) is 10.3. The number of carboxylic acids is 1. The molecule has 2 rings (SSSR count). The lowest BCUT2D eigenvalue weighted by atomic mass is 10.1. The summed E-state index contributed by atoms with van der Waals surface area (Å²) in [5, 5.41) is 16.6. The van der Waals surface area contributed by atoms with Crippen LogP contribution in [0, 0.1) is 12.8 Å². The van der Waals surface area contributed by atoms with Crippen molar-refractivity contribution in [3.63, 3.8) is 0 Å². The number of nitrogens with zero attached hydrogens (tertiary/aromatic N) is 2. The van der Waals surface area contributed by atoms with Crippen molar-refractivity contribution < 1.29 is 14.3 Å². The van der Waals surface area contributed by atoms with Crippen LogP contribution in [-0.2, 0) is 11.2 Å². The Morgan fingerprint density at radius 1 is 1.39 bits per heavy atom. The Morgan fingerprint density at radius 3 is 2.78 bits per heavy atom. The fourth-order valence-corrected chi connectivity index (χ4v) is 1.61. The second-order valence-electron chi connectivity index (χ2n) is 4.26. The fourth-order valence-electron chi connectivity index (χ4n) is 1.61. The minimum Gasteiger partial charge on any atom is -0.481 e. The molecule has 2 aromatic rings. The topological polar surface area (TPSA) is 76.2 Å². The Bertz CT molecular complexity index is 563. The summed E-state index contributed by atoms with van der Waals surface area (Å²) in [5.41, 5.74) is 1.92. The SMILES string of the molecule is Cc1ccccc1-c1nnc(CC(C)C(=O)O)o1. The van der Waals surface area contributed by atoms with Gasteiger partial charge in [0.15, 0.2) is 0 Å². The number of hydrogen-bond donors (Lipinski definition) is 1. The van der Waals surface area contributed by atoms with Gasteiger partial charge in [-0.05, 0) is 18.6 Å². The molecule has 94 valence electrons. The predicted molar refractivity (Wildman–Crippen MR) is 65.0 cm³/mol. The minimum absolute atomic E-state index is 0.244. The Morgan fingerprint density at radius 2 is 2.11 bits per heavy atom. The van der Waals surface area contributed by atoms with E-state index in [4.69, 9.17) is 9.52 Å². The quantitative estimate of drug-likeness (QED) is 0.895. The first kappa shape index (κ1) is 12.3. The molecule has 0 aliphatic rings. The average Bonchev–Trinajstić information content (AvgIpc) is 2.77. The van der Waals surface area contributed by atoms with E-state index in [9.17, 15) is 4.79 Å². The molecule has 5 nitrogen and oxygen atoms in total. The highest BCUT2D eigenvalue weighted by atomic mass is 16.4. The first-order valence-corrected chi connectivity index (χ1v) is 5.69. The lowest BCUT2D eigenvalue weighted by molar-refractivity contribution is -0.141. The highest BCUT2D eigenvalue weighted by molar-refractivity contribution is 5.69. The molecule has 0 fully saturated rings. The zero-order chi connectivity index (χ0) is 13.1. The predicted octanol–water partition coefficient (Wildman–Crippen LogP) is 2.31. The average molecular weight is 246 g/mol. The summed E-state index contributed by atoms with van der Waals surface area (Å²) in [4.78, 5) is 10.7.